The van der Waals surface area contributed by atoms with Gasteiger partial charge in [-0.3, -0.25) is 14.4 Å². The lowest BCUT2D eigenvalue weighted by Gasteiger charge is -2.22. The first-order valence-corrected chi connectivity index (χ1v) is 13.6. The summed E-state index contributed by atoms with van der Waals surface area (Å²) >= 11 is 0. The summed E-state index contributed by atoms with van der Waals surface area (Å²) in [6.45, 7) is 2.33. The quantitative estimate of drug-likeness (QED) is 0.0776. The Morgan fingerprint density at radius 2 is 1.51 bits per heavy atom. The number of hydrogen-bond donors (Lipinski definition) is 4. The molecule has 0 saturated heterocycles. The second-order valence-electron chi connectivity index (χ2n) is 9.29. The van der Waals surface area contributed by atoms with E-state index in [1.807, 2.05) is 13.0 Å². The van der Waals surface area contributed by atoms with E-state index in [-0.39, 0.29) is 70.7 Å². The number of benzene rings is 1. The van der Waals surface area contributed by atoms with Crippen molar-refractivity contribution in [2.45, 2.75) is 70.2 Å². The molecule has 1 rings (SSSR count). The van der Waals surface area contributed by atoms with Gasteiger partial charge in [-0.1, -0.05) is 30.3 Å². The Kier molecular flexibility index (Phi) is 19.0. The predicted octanol–water partition coefficient (Wildman–Crippen LogP) is -0.0656. The fraction of sp³-hybridized carbons (Fsp3) is 0.571. The Balaban J connectivity index is 2.45. The monoisotopic (exact) mass is 578 g/mol. The van der Waals surface area contributed by atoms with Crippen molar-refractivity contribution in [1.29, 1.82) is 0 Å². The third-order valence-corrected chi connectivity index (χ3v) is 5.62. The van der Waals surface area contributed by atoms with Gasteiger partial charge in [0.1, 0.15) is 37.9 Å². The molecule has 0 spiro atoms. The van der Waals surface area contributed by atoms with E-state index in [4.69, 9.17) is 19.9 Å². The molecule has 0 aliphatic rings. The van der Waals surface area contributed by atoms with E-state index in [2.05, 4.69) is 16.0 Å². The minimum Gasteiger partial charge on any atom is -0.459 e. The number of amides is 3. The molecule has 0 bridgehead atoms. The average molecular weight is 579 g/mol. The lowest BCUT2D eigenvalue weighted by atomic mass is 10.1. The third kappa shape index (κ3) is 17.6. The first-order chi connectivity index (χ1) is 19.8. The van der Waals surface area contributed by atoms with Crippen LogP contribution in [0.25, 0.3) is 0 Å². The van der Waals surface area contributed by atoms with Crippen molar-refractivity contribution in [2.75, 3.05) is 33.0 Å². The van der Waals surface area contributed by atoms with Gasteiger partial charge in [-0.15, -0.1) is 0 Å². The number of hydrogen-bond acceptors (Lipinski definition) is 10. The number of esters is 1. The van der Waals surface area contributed by atoms with Crippen molar-refractivity contribution in [3.8, 4) is 0 Å². The summed E-state index contributed by atoms with van der Waals surface area (Å²) in [7, 11) is 0. The van der Waals surface area contributed by atoms with E-state index in [9.17, 15) is 28.8 Å². The highest BCUT2D eigenvalue weighted by atomic mass is 16.5. The molecule has 0 aromatic heterocycles. The van der Waals surface area contributed by atoms with E-state index in [0.29, 0.717) is 32.0 Å². The fourth-order valence-corrected chi connectivity index (χ4v) is 3.42. The van der Waals surface area contributed by atoms with Crippen LogP contribution in [0.15, 0.2) is 30.3 Å². The third-order valence-electron chi connectivity index (χ3n) is 5.62. The zero-order chi connectivity index (χ0) is 30.3. The summed E-state index contributed by atoms with van der Waals surface area (Å²) < 4.78 is 15.9. The molecule has 0 aliphatic heterocycles. The second kappa shape index (κ2) is 22.1. The summed E-state index contributed by atoms with van der Waals surface area (Å²) in [6.07, 6.45) is 2.19. The highest BCUT2D eigenvalue weighted by molar-refractivity contribution is 5.91. The molecule has 228 valence electrons. The Bertz CT molecular complexity index is 944. The van der Waals surface area contributed by atoms with E-state index in [1.54, 1.807) is 24.3 Å². The standard InChI is InChI=1S/C28H42N4O9/c1-21(29)11-12-25(35)30-13-16-39-17-18-40-20-26(36)31-23(9-5-14-33)27(37)32-24(10-6-15-34)28(38)41-19-22-7-3-2-4-8-22/h2-4,7-8,14-15,21,23-24H,5-6,9-13,16-20,29H2,1H3,(H,30,35)(H,31,36)(H,32,37). The van der Waals surface area contributed by atoms with Crippen LogP contribution >= 0.6 is 0 Å². The molecule has 13 nitrogen and oxygen atoms in total. The smallest absolute Gasteiger partial charge is 0.328 e. The van der Waals surface area contributed by atoms with Gasteiger partial charge in [0, 0.05) is 31.8 Å². The van der Waals surface area contributed by atoms with Crippen molar-refractivity contribution >= 4 is 36.3 Å². The minimum absolute atomic E-state index is 0.000436. The van der Waals surface area contributed by atoms with Gasteiger partial charge >= 0.3 is 5.97 Å². The number of rotatable bonds is 23. The normalized spacial score (nSPS) is 12.8. The molecule has 13 heteroatoms. The summed E-state index contributed by atoms with van der Waals surface area (Å²) in [5.74, 6) is -2.13. The van der Waals surface area contributed by atoms with E-state index < -0.39 is 29.9 Å². The minimum atomic E-state index is -1.12. The van der Waals surface area contributed by atoms with Gasteiger partial charge in [0.15, 0.2) is 0 Å². The van der Waals surface area contributed by atoms with Crippen molar-refractivity contribution in [3.05, 3.63) is 35.9 Å². The zero-order valence-electron chi connectivity index (χ0n) is 23.5. The SMILES string of the molecule is CC(N)CCC(=O)NCCOCCOCC(=O)NC(CCC=O)C(=O)NC(CCC=O)C(=O)OCc1ccccc1. The number of nitrogens with two attached hydrogens (primary N) is 1. The summed E-state index contributed by atoms with van der Waals surface area (Å²) in [5.41, 5.74) is 6.36. The maximum absolute atomic E-state index is 12.9. The molecule has 3 amide bonds. The molecular weight excluding hydrogens is 536 g/mol. The topological polar surface area (TPSA) is 192 Å². The summed E-state index contributed by atoms with van der Waals surface area (Å²) in [5, 5.41) is 7.73. The van der Waals surface area contributed by atoms with Crippen molar-refractivity contribution in [3.63, 3.8) is 0 Å². The number of nitrogens with one attached hydrogen (secondary N) is 3. The van der Waals surface area contributed by atoms with Crippen LogP contribution in [0.2, 0.25) is 0 Å². The molecule has 0 saturated carbocycles. The molecule has 0 radical (unpaired) electrons. The van der Waals surface area contributed by atoms with Crippen LogP contribution in [0, 0.1) is 0 Å². The maximum atomic E-state index is 12.9. The van der Waals surface area contributed by atoms with Gasteiger partial charge in [0.25, 0.3) is 0 Å². The van der Waals surface area contributed by atoms with Crippen LogP contribution in [0.4, 0.5) is 0 Å². The van der Waals surface area contributed by atoms with Crippen LogP contribution in [0.3, 0.4) is 0 Å². The zero-order valence-corrected chi connectivity index (χ0v) is 23.5. The number of carbonyl (C=O) groups excluding carboxylic acids is 6. The molecule has 1 aromatic carbocycles. The van der Waals surface area contributed by atoms with Crippen LogP contribution < -0.4 is 21.7 Å². The molecule has 0 heterocycles. The van der Waals surface area contributed by atoms with Crippen molar-refractivity contribution < 1.29 is 43.0 Å². The molecule has 1 aromatic rings. The molecular formula is C28H42N4O9. The number of carbonyl (C=O) groups is 6. The van der Waals surface area contributed by atoms with Gasteiger partial charge in [0.05, 0.1) is 19.8 Å². The predicted molar refractivity (Wildman–Crippen MR) is 148 cm³/mol. The molecule has 3 unspecified atom stereocenters. The van der Waals surface area contributed by atoms with Crippen LogP contribution in [0.1, 0.15) is 51.0 Å². The first kappa shape index (κ1) is 35.3. The highest BCUT2D eigenvalue weighted by Crippen LogP contribution is 2.06. The summed E-state index contributed by atoms with van der Waals surface area (Å²) in [6, 6.07) is 6.68. The Labute approximate surface area is 240 Å². The molecule has 5 N–H and O–H groups in total. The van der Waals surface area contributed by atoms with Crippen LogP contribution in [-0.4, -0.2) is 87.4 Å². The van der Waals surface area contributed by atoms with Gasteiger partial charge in [-0.25, -0.2) is 4.79 Å². The van der Waals surface area contributed by atoms with Gasteiger partial charge < -0.3 is 45.5 Å². The van der Waals surface area contributed by atoms with Crippen LogP contribution in [-0.2, 0) is 49.6 Å². The summed E-state index contributed by atoms with van der Waals surface area (Å²) in [4.78, 5) is 71.3. The average Bonchev–Trinajstić information content (AvgIpc) is 2.96. The maximum Gasteiger partial charge on any atom is 0.328 e. The first-order valence-electron chi connectivity index (χ1n) is 13.6. The van der Waals surface area contributed by atoms with Crippen molar-refractivity contribution in [1.82, 2.24) is 16.0 Å². The van der Waals surface area contributed by atoms with E-state index in [1.165, 1.54) is 0 Å². The largest absolute Gasteiger partial charge is 0.459 e. The number of ether oxygens (including phenoxy) is 3. The lowest BCUT2D eigenvalue weighted by molar-refractivity contribution is -0.149. The highest BCUT2D eigenvalue weighted by Gasteiger charge is 2.27. The van der Waals surface area contributed by atoms with E-state index >= 15 is 0 Å². The van der Waals surface area contributed by atoms with Crippen molar-refractivity contribution in [2.24, 2.45) is 5.73 Å². The Morgan fingerprint density at radius 1 is 0.854 bits per heavy atom. The number of aldehydes is 2. The van der Waals surface area contributed by atoms with Gasteiger partial charge in [-0.05, 0) is 31.7 Å². The van der Waals surface area contributed by atoms with Gasteiger partial charge in [0.2, 0.25) is 17.7 Å². The fourth-order valence-electron chi connectivity index (χ4n) is 3.42. The Morgan fingerprint density at radius 3 is 2.17 bits per heavy atom. The second-order valence-corrected chi connectivity index (χ2v) is 9.29. The van der Waals surface area contributed by atoms with Crippen LogP contribution in [0.5, 0.6) is 0 Å². The lowest BCUT2D eigenvalue weighted by Crippen LogP contribution is -2.52. The molecule has 0 aliphatic carbocycles. The molecule has 0 fully saturated rings. The molecule has 3 atom stereocenters. The Hall–Kier alpha value is -3.68. The molecule has 41 heavy (non-hydrogen) atoms. The van der Waals surface area contributed by atoms with E-state index in [0.717, 1.165) is 5.56 Å². The van der Waals surface area contributed by atoms with Gasteiger partial charge in [-0.2, -0.15) is 0 Å².